The van der Waals surface area contributed by atoms with Crippen molar-refractivity contribution >= 4 is 17.3 Å². The molecule has 2 aliphatic heterocycles. The lowest BCUT2D eigenvalue weighted by molar-refractivity contribution is -0.0259. The van der Waals surface area contributed by atoms with Gasteiger partial charge in [0.15, 0.2) is 0 Å². The lowest BCUT2D eigenvalue weighted by Crippen LogP contribution is -2.42. The highest BCUT2D eigenvalue weighted by atomic mass is 35.5. The number of hydrogen-bond donors (Lipinski definition) is 1. The first kappa shape index (κ1) is 26.0. The summed E-state index contributed by atoms with van der Waals surface area (Å²) < 4.78 is 18.8. The zero-order valence-electron chi connectivity index (χ0n) is 20.2. The molecule has 8 heteroatoms. The molecule has 2 aromatic rings. The first-order valence-corrected chi connectivity index (χ1v) is 12.9. The van der Waals surface area contributed by atoms with Gasteiger partial charge in [0.2, 0.25) is 0 Å². The number of rotatable bonds is 10. The van der Waals surface area contributed by atoms with Crippen molar-refractivity contribution in [1.29, 1.82) is 0 Å². The van der Waals surface area contributed by atoms with E-state index in [1.54, 1.807) is 12.1 Å². The van der Waals surface area contributed by atoms with E-state index in [1.807, 2.05) is 24.3 Å². The topological polar surface area (TPSA) is 57.5 Å². The third-order valence-electron chi connectivity index (χ3n) is 6.91. The molecular formula is C27H35ClFN3O3. The number of piperidine rings is 1. The van der Waals surface area contributed by atoms with Crippen molar-refractivity contribution in [2.24, 2.45) is 5.16 Å². The highest BCUT2D eigenvalue weighted by Crippen LogP contribution is 2.33. The number of hydrogen-bond acceptors (Lipinski definition) is 6. The normalized spacial score (nSPS) is 19.6. The minimum absolute atomic E-state index is 0.261. The van der Waals surface area contributed by atoms with Crippen LogP contribution in [-0.4, -0.2) is 79.7 Å². The molecule has 190 valence electrons. The first-order valence-electron chi connectivity index (χ1n) is 12.5. The number of ether oxygens (including phenoxy) is 1. The molecule has 0 aromatic heterocycles. The summed E-state index contributed by atoms with van der Waals surface area (Å²) in [6.07, 6.45) is 3.03. The van der Waals surface area contributed by atoms with E-state index >= 15 is 0 Å². The Morgan fingerprint density at radius 2 is 1.63 bits per heavy atom. The van der Waals surface area contributed by atoms with Crippen LogP contribution in [0.3, 0.4) is 0 Å². The summed E-state index contributed by atoms with van der Waals surface area (Å²) in [7, 11) is 0. The molecule has 0 saturated carbocycles. The largest absolute Gasteiger partial charge is 0.394 e. The Labute approximate surface area is 212 Å². The van der Waals surface area contributed by atoms with Crippen molar-refractivity contribution in [2.75, 3.05) is 59.1 Å². The quantitative estimate of drug-likeness (QED) is 0.298. The van der Waals surface area contributed by atoms with Gasteiger partial charge in [-0.2, -0.15) is 0 Å². The Hall–Kier alpha value is -2.03. The predicted molar refractivity (Wildman–Crippen MR) is 136 cm³/mol. The minimum Gasteiger partial charge on any atom is -0.394 e. The molecule has 0 spiro atoms. The molecule has 0 unspecified atom stereocenters. The van der Waals surface area contributed by atoms with Gasteiger partial charge in [0.25, 0.3) is 0 Å². The van der Waals surface area contributed by atoms with E-state index in [0.717, 1.165) is 82.2 Å². The fourth-order valence-electron chi connectivity index (χ4n) is 4.67. The van der Waals surface area contributed by atoms with Gasteiger partial charge < -0.3 is 19.6 Å². The second-order valence-corrected chi connectivity index (χ2v) is 9.75. The van der Waals surface area contributed by atoms with Crippen LogP contribution in [-0.2, 0) is 15.2 Å². The lowest BCUT2D eigenvalue weighted by atomic mass is 9.84. The second kappa shape index (κ2) is 12.8. The van der Waals surface area contributed by atoms with Crippen molar-refractivity contribution in [1.82, 2.24) is 9.80 Å². The van der Waals surface area contributed by atoms with E-state index in [1.165, 1.54) is 12.1 Å². The van der Waals surface area contributed by atoms with Crippen LogP contribution in [0.5, 0.6) is 0 Å². The Kier molecular flexibility index (Phi) is 9.52. The van der Waals surface area contributed by atoms with Crippen LogP contribution in [0.15, 0.2) is 53.7 Å². The van der Waals surface area contributed by atoms with E-state index in [9.17, 15) is 9.50 Å². The smallest absolute Gasteiger partial charge is 0.129 e. The van der Waals surface area contributed by atoms with E-state index in [4.69, 9.17) is 21.2 Å². The number of benzene rings is 2. The number of halogens is 2. The van der Waals surface area contributed by atoms with Gasteiger partial charge in [0.05, 0.1) is 24.5 Å². The Morgan fingerprint density at radius 1 is 0.971 bits per heavy atom. The van der Waals surface area contributed by atoms with Gasteiger partial charge in [-0.25, -0.2) is 4.39 Å². The molecule has 2 heterocycles. The molecule has 0 radical (unpaired) electrons. The number of morpholine rings is 1. The van der Waals surface area contributed by atoms with Crippen LogP contribution in [0.1, 0.15) is 36.8 Å². The molecular weight excluding hydrogens is 469 g/mol. The van der Waals surface area contributed by atoms with Crippen LogP contribution in [0, 0.1) is 5.82 Å². The molecule has 4 rings (SSSR count). The molecule has 0 atom stereocenters. The number of likely N-dealkylation sites (tertiary alicyclic amines) is 1. The van der Waals surface area contributed by atoms with E-state index in [2.05, 4.69) is 15.0 Å². The summed E-state index contributed by atoms with van der Waals surface area (Å²) >= 11 is 6.00. The van der Waals surface area contributed by atoms with Gasteiger partial charge in [0.1, 0.15) is 12.4 Å². The fourth-order valence-corrected chi connectivity index (χ4v) is 4.79. The van der Waals surface area contributed by atoms with Crippen LogP contribution in [0.2, 0.25) is 5.02 Å². The van der Waals surface area contributed by atoms with E-state index in [-0.39, 0.29) is 5.82 Å². The van der Waals surface area contributed by atoms with Crippen molar-refractivity contribution in [3.8, 4) is 0 Å². The Balaban J connectivity index is 1.26. The minimum atomic E-state index is -0.795. The Morgan fingerprint density at radius 3 is 2.31 bits per heavy atom. The predicted octanol–water partition coefficient (Wildman–Crippen LogP) is 4.30. The number of aliphatic hydroxyl groups is 1. The molecule has 35 heavy (non-hydrogen) atoms. The second-order valence-electron chi connectivity index (χ2n) is 9.32. The van der Waals surface area contributed by atoms with E-state index < -0.39 is 5.60 Å². The van der Waals surface area contributed by atoms with Gasteiger partial charge in [-0.3, -0.25) is 4.90 Å². The molecule has 2 aliphatic rings. The van der Waals surface area contributed by atoms with Crippen molar-refractivity contribution in [3.63, 3.8) is 0 Å². The van der Waals surface area contributed by atoms with Gasteiger partial charge in [0, 0.05) is 37.7 Å². The summed E-state index contributed by atoms with van der Waals surface area (Å²) in [5.41, 5.74) is 1.85. The zero-order chi connectivity index (χ0) is 24.5. The first-order chi connectivity index (χ1) is 17.0. The molecule has 6 nitrogen and oxygen atoms in total. The molecule has 2 fully saturated rings. The molecule has 1 N–H and O–H groups in total. The van der Waals surface area contributed by atoms with Gasteiger partial charge in [-0.05, 0) is 67.6 Å². The lowest BCUT2D eigenvalue weighted by Gasteiger charge is -2.38. The molecule has 0 amide bonds. The maximum Gasteiger partial charge on any atom is 0.129 e. The maximum absolute atomic E-state index is 13.4. The van der Waals surface area contributed by atoms with Crippen molar-refractivity contribution < 1.29 is 19.1 Å². The molecule has 0 aliphatic carbocycles. The van der Waals surface area contributed by atoms with Gasteiger partial charge in [-0.15, -0.1) is 0 Å². The van der Waals surface area contributed by atoms with Gasteiger partial charge >= 0.3 is 0 Å². The van der Waals surface area contributed by atoms with Crippen LogP contribution >= 0.6 is 11.6 Å². The standard InChI is InChI=1S/C27H35ClFN3O3/c28-24-7-5-23(6-8-24)27(33)11-14-31(15-12-27)13-1-2-26(22-3-9-25(29)10-4-22)30-35-21-18-32-16-19-34-20-17-32/h3-10,33H,1-2,11-21H2/b30-26+. The average molecular weight is 504 g/mol. The van der Waals surface area contributed by atoms with Crippen molar-refractivity contribution in [2.45, 2.75) is 31.3 Å². The third-order valence-corrected chi connectivity index (χ3v) is 7.16. The summed E-state index contributed by atoms with van der Waals surface area (Å²) in [5, 5.41) is 16.2. The Bertz CT molecular complexity index is 941. The third kappa shape index (κ3) is 7.72. The SMILES string of the molecule is OC1(c2ccc(Cl)cc2)CCN(CCC/C(=N\OCCN2CCOCC2)c2ccc(F)cc2)CC1. The van der Waals surface area contributed by atoms with Crippen LogP contribution in [0.4, 0.5) is 4.39 Å². The molecule has 0 bridgehead atoms. The van der Waals surface area contributed by atoms with Crippen molar-refractivity contribution in [3.05, 3.63) is 70.5 Å². The van der Waals surface area contributed by atoms with Gasteiger partial charge in [-0.1, -0.05) is 41.0 Å². The summed E-state index contributed by atoms with van der Waals surface area (Å²) in [6.45, 7) is 7.26. The molecule has 2 aromatic carbocycles. The number of oxime groups is 1. The maximum atomic E-state index is 13.4. The summed E-state index contributed by atoms with van der Waals surface area (Å²) in [6, 6.07) is 13.9. The number of nitrogens with zero attached hydrogens (tertiary/aromatic N) is 3. The van der Waals surface area contributed by atoms with Crippen LogP contribution in [0.25, 0.3) is 0 Å². The highest BCUT2D eigenvalue weighted by molar-refractivity contribution is 6.30. The van der Waals surface area contributed by atoms with Crippen LogP contribution < -0.4 is 0 Å². The highest BCUT2D eigenvalue weighted by Gasteiger charge is 2.33. The summed E-state index contributed by atoms with van der Waals surface area (Å²) in [5.74, 6) is -0.261. The summed E-state index contributed by atoms with van der Waals surface area (Å²) in [4.78, 5) is 10.4. The van der Waals surface area contributed by atoms with E-state index in [0.29, 0.717) is 24.5 Å². The zero-order valence-corrected chi connectivity index (χ0v) is 20.9. The fraction of sp³-hybridized carbons (Fsp3) is 0.519. The average Bonchev–Trinajstić information content (AvgIpc) is 2.88. The molecule has 2 saturated heterocycles. The monoisotopic (exact) mass is 503 g/mol.